The number of rotatable bonds is 3. The molecule has 0 fully saturated rings. The molecule has 0 bridgehead atoms. The van der Waals surface area contributed by atoms with E-state index in [4.69, 9.17) is 10.2 Å². The summed E-state index contributed by atoms with van der Waals surface area (Å²) >= 11 is 0. The van der Waals surface area contributed by atoms with Crippen LogP contribution < -0.4 is 5.73 Å². The van der Waals surface area contributed by atoms with Crippen LogP contribution in [0.5, 0.6) is 0 Å². The molecule has 0 radical (unpaired) electrons. The Labute approximate surface area is 131 Å². The van der Waals surface area contributed by atoms with Gasteiger partial charge in [0, 0.05) is 5.69 Å². The fraction of sp³-hybridized carbons (Fsp3) is 0.125. The maximum atomic E-state index is 5.86. The van der Waals surface area contributed by atoms with E-state index in [1.807, 2.05) is 37.3 Å². The molecule has 23 heavy (non-hydrogen) atoms. The van der Waals surface area contributed by atoms with Gasteiger partial charge in [-0.25, -0.2) is 14.6 Å². The second kappa shape index (κ2) is 5.20. The summed E-state index contributed by atoms with van der Waals surface area (Å²) in [5.41, 5.74) is 10.7. The second-order valence-corrected chi connectivity index (χ2v) is 5.31. The lowest BCUT2D eigenvalue weighted by molar-refractivity contribution is 0.580. The highest BCUT2D eigenvalue weighted by Gasteiger charge is 2.15. The number of fused-ring (bicyclic) bond motifs is 1. The second-order valence-electron chi connectivity index (χ2n) is 5.31. The van der Waals surface area contributed by atoms with Crippen LogP contribution in [-0.4, -0.2) is 25.0 Å². The third kappa shape index (κ3) is 2.32. The summed E-state index contributed by atoms with van der Waals surface area (Å²) in [4.78, 5) is 8.57. The lowest BCUT2D eigenvalue weighted by Gasteiger charge is -2.05. The van der Waals surface area contributed by atoms with E-state index in [1.165, 1.54) is 6.33 Å². The van der Waals surface area contributed by atoms with Gasteiger partial charge in [0.25, 0.3) is 0 Å². The number of aryl methyl sites for hydroxylation is 1. The Morgan fingerprint density at radius 3 is 2.91 bits per heavy atom. The summed E-state index contributed by atoms with van der Waals surface area (Å²) in [6, 6.07) is 9.56. The van der Waals surface area contributed by atoms with Crippen LogP contribution >= 0.6 is 0 Å². The standard InChI is InChI=1S/C16H14N6O/c1-10-7-11(4-5-12(10)17)8-22-16-15(20-21-22)14(18-9-19-16)13-3-2-6-23-13/h2-7,9H,8,17H2,1H3. The molecule has 0 spiro atoms. The van der Waals surface area contributed by atoms with Crippen molar-refractivity contribution < 1.29 is 4.42 Å². The average molecular weight is 306 g/mol. The summed E-state index contributed by atoms with van der Waals surface area (Å²) < 4.78 is 7.15. The number of nitrogens with zero attached hydrogens (tertiary/aromatic N) is 5. The van der Waals surface area contributed by atoms with Crippen LogP contribution in [0.1, 0.15) is 11.1 Å². The minimum Gasteiger partial charge on any atom is -0.463 e. The third-order valence-corrected chi connectivity index (χ3v) is 3.72. The van der Waals surface area contributed by atoms with Gasteiger partial charge < -0.3 is 10.2 Å². The van der Waals surface area contributed by atoms with E-state index < -0.39 is 0 Å². The minimum atomic E-state index is 0.562. The molecule has 7 nitrogen and oxygen atoms in total. The monoisotopic (exact) mass is 306 g/mol. The lowest BCUT2D eigenvalue weighted by Crippen LogP contribution is -2.04. The molecule has 0 aliphatic carbocycles. The van der Waals surface area contributed by atoms with Gasteiger partial charge in [0.15, 0.2) is 16.9 Å². The molecule has 7 heteroatoms. The average Bonchev–Trinajstić information content (AvgIpc) is 3.21. The van der Waals surface area contributed by atoms with Crippen molar-refractivity contribution in [3.05, 3.63) is 54.0 Å². The Morgan fingerprint density at radius 1 is 1.22 bits per heavy atom. The first-order chi connectivity index (χ1) is 11.2. The van der Waals surface area contributed by atoms with Crippen molar-refractivity contribution in [2.24, 2.45) is 0 Å². The van der Waals surface area contributed by atoms with Crippen molar-refractivity contribution >= 4 is 16.9 Å². The Balaban J connectivity index is 1.77. The Hall–Kier alpha value is -3.22. The third-order valence-electron chi connectivity index (χ3n) is 3.72. The van der Waals surface area contributed by atoms with Gasteiger partial charge in [0.2, 0.25) is 0 Å². The maximum Gasteiger partial charge on any atom is 0.182 e. The summed E-state index contributed by atoms with van der Waals surface area (Å²) in [6.07, 6.45) is 3.10. The molecule has 0 saturated heterocycles. The van der Waals surface area contributed by atoms with E-state index in [9.17, 15) is 0 Å². The molecule has 0 aliphatic rings. The van der Waals surface area contributed by atoms with E-state index in [2.05, 4.69) is 20.3 Å². The molecule has 4 aromatic rings. The highest BCUT2D eigenvalue weighted by molar-refractivity contribution is 5.84. The van der Waals surface area contributed by atoms with Crippen LogP contribution in [0.15, 0.2) is 47.3 Å². The van der Waals surface area contributed by atoms with Gasteiger partial charge in [-0.2, -0.15) is 0 Å². The maximum absolute atomic E-state index is 5.86. The van der Waals surface area contributed by atoms with Gasteiger partial charge in [-0.1, -0.05) is 17.3 Å². The van der Waals surface area contributed by atoms with Crippen LogP contribution in [0.3, 0.4) is 0 Å². The summed E-state index contributed by atoms with van der Waals surface area (Å²) in [7, 11) is 0. The smallest absolute Gasteiger partial charge is 0.182 e. The zero-order valence-corrected chi connectivity index (χ0v) is 12.5. The van der Waals surface area contributed by atoms with Crippen LogP contribution in [0, 0.1) is 6.92 Å². The fourth-order valence-corrected chi connectivity index (χ4v) is 2.50. The van der Waals surface area contributed by atoms with Crippen molar-refractivity contribution in [2.75, 3.05) is 5.73 Å². The van der Waals surface area contributed by atoms with E-state index in [1.54, 1.807) is 10.9 Å². The minimum absolute atomic E-state index is 0.562. The number of nitrogen functional groups attached to an aromatic ring is 1. The highest BCUT2D eigenvalue weighted by atomic mass is 16.3. The number of anilines is 1. The molecule has 114 valence electrons. The number of hydrogen-bond donors (Lipinski definition) is 1. The normalized spacial score (nSPS) is 11.2. The molecular formula is C16H14N6O. The van der Waals surface area contributed by atoms with E-state index in [0.717, 1.165) is 16.8 Å². The SMILES string of the molecule is Cc1cc(Cn2nnc3c(-c4ccco4)ncnc32)ccc1N. The first-order valence-corrected chi connectivity index (χ1v) is 7.15. The molecule has 4 rings (SSSR count). The molecule has 2 N–H and O–H groups in total. The number of furan rings is 1. The molecule has 3 aromatic heterocycles. The molecule has 0 unspecified atom stereocenters. The quantitative estimate of drug-likeness (QED) is 0.584. The fourth-order valence-electron chi connectivity index (χ4n) is 2.50. The predicted octanol–water partition coefficient (Wildman–Crippen LogP) is 2.42. The van der Waals surface area contributed by atoms with Gasteiger partial charge in [-0.15, -0.1) is 5.10 Å². The zero-order valence-electron chi connectivity index (χ0n) is 12.5. The molecule has 0 saturated carbocycles. The van der Waals surface area contributed by atoms with Gasteiger partial charge >= 0.3 is 0 Å². The van der Waals surface area contributed by atoms with Crippen molar-refractivity contribution in [2.45, 2.75) is 13.5 Å². The summed E-state index contributed by atoms with van der Waals surface area (Å²) in [5.74, 6) is 0.646. The summed E-state index contributed by atoms with van der Waals surface area (Å²) in [6.45, 7) is 2.54. The van der Waals surface area contributed by atoms with Gasteiger partial charge in [-0.3, -0.25) is 0 Å². The van der Waals surface area contributed by atoms with E-state index in [0.29, 0.717) is 29.2 Å². The number of aromatic nitrogens is 5. The number of hydrogen-bond acceptors (Lipinski definition) is 6. The van der Waals surface area contributed by atoms with Gasteiger partial charge in [0.1, 0.15) is 12.0 Å². The molecule has 0 amide bonds. The predicted molar refractivity (Wildman–Crippen MR) is 85.5 cm³/mol. The van der Waals surface area contributed by atoms with Crippen LogP contribution in [-0.2, 0) is 6.54 Å². The first kappa shape index (κ1) is 13.4. The van der Waals surface area contributed by atoms with Gasteiger partial charge in [0.05, 0.1) is 12.8 Å². The first-order valence-electron chi connectivity index (χ1n) is 7.15. The van der Waals surface area contributed by atoms with E-state index in [-0.39, 0.29) is 0 Å². The number of nitrogens with two attached hydrogens (primary N) is 1. The molecule has 3 heterocycles. The van der Waals surface area contributed by atoms with Crippen molar-refractivity contribution in [3.8, 4) is 11.5 Å². The van der Waals surface area contributed by atoms with Crippen molar-refractivity contribution in [1.82, 2.24) is 25.0 Å². The molecular weight excluding hydrogens is 292 g/mol. The Kier molecular flexibility index (Phi) is 3.04. The Morgan fingerprint density at radius 2 is 2.13 bits per heavy atom. The Bertz CT molecular complexity index is 974. The zero-order chi connectivity index (χ0) is 15.8. The number of benzene rings is 1. The van der Waals surface area contributed by atoms with E-state index >= 15 is 0 Å². The highest BCUT2D eigenvalue weighted by Crippen LogP contribution is 2.24. The molecule has 1 aromatic carbocycles. The molecule has 0 atom stereocenters. The summed E-state index contributed by atoms with van der Waals surface area (Å²) in [5, 5.41) is 8.42. The largest absolute Gasteiger partial charge is 0.463 e. The lowest BCUT2D eigenvalue weighted by atomic mass is 10.1. The topological polar surface area (TPSA) is 95.6 Å². The molecule has 0 aliphatic heterocycles. The van der Waals surface area contributed by atoms with Crippen molar-refractivity contribution in [3.63, 3.8) is 0 Å². The van der Waals surface area contributed by atoms with Crippen LogP contribution in [0.4, 0.5) is 5.69 Å². The van der Waals surface area contributed by atoms with Crippen molar-refractivity contribution in [1.29, 1.82) is 0 Å². The van der Waals surface area contributed by atoms with Gasteiger partial charge in [-0.05, 0) is 36.2 Å². The van der Waals surface area contributed by atoms with Crippen LogP contribution in [0.25, 0.3) is 22.6 Å². The van der Waals surface area contributed by atoms with Crippen LogP contribution in [0.2, 0.25) is 0 Å².